The third kappa shape index (κ3) is 3.60. The predicted molar refractivity (Wildman–Crippen MR) is 123 cm³/mol. The van der Waals surface area contributed by atoms with Crippen LogP contribution in [0.1, 0.15) is 4.88 Å². The van der Waals surface area contributed by atoms with Gasteiger partial charge in [0.1, 0.15) is 11.5 Å². The van der Waals surface area contributed by atoms with Crippen LogP contribution in [0.5, 0.6) is 0 Å². The fourth-order valence-electron chi connectivity index (χ4n) is 4.00. The van der Waals surface area contributed by atoms with E-state index in [9.17, 15) is 9.59 Å². The standard InChI is InChI=1S/C23H19ClN4O2S/c24-16-5-3-6-17(15-16)28-22(29)20(18-7-4-14-31-18)21(23(28)30)27-12-10-26(11-13-27)19-8-1-2-9-25-19/h1-9,14-15H,10-13H2. The Morgan fingerprint density at radius 3 is 2.35 bits per heavy atom. The zero-order chi connectivity index (χ0) is 21.4. The molecule has 0 saturated carbocycles. The summed E-state index contributed by atoms with van der Waals surface area (Å²) in [6.45, 7) is 2.69. The number of hydrogen-bond donors (Lipinski definition) is 0. The fourth-order valence-corrected chi connectivity index (χ4v) is 4.95. The van der Waals surface area contributed by atoms with Crippen molar-refractivity contribution >= 4 is 51.8 Å². The summed E-state index contributed by atoms with van der Waals surface area (Å²) in [7, 11) is 0. The number of nitrogens with zero attached hydrogens (tertiary/aromatic N) is 4. The topological polar surface area (TPSA) is 56.8 Å². The van der Waals surface area contributed by atoms with Crippen molar-refractivity contribution in [1.29, 1.82) is 0 Å². The highest BCUT2D eigenvalue weighted by Gasteiger charge is 2.43. The smallest absolute Gasteiger partial charge is 0.282 e. The first kappa shape index (κ1) is 19.8. The van der Waals surface area contributed by atoms with Gasteiger partial charge in [0.15, 0.2) is 0 Å². The van der Waals surface area contributed by atoms with E-state index in [0.717, 1.165) is 23.8 Å². The summed E-state index contributed by atoms with van der Waals surface area (Å²) in [4.78, 5) is 37.6. The number of pyridine rings is 1. The Bertz CT molecular complexity index is 1160. The van der Waals surface area contributed by atoms with Crippen LogP contribution >= 0.6 is 22.9 Å². The normalized spacial score (nSPS) is 17.1. The maximum Gasteiger partial charge on any atom is 0.282 e. The third-order valence-corrected chi connectivity index (χ3v) is 6.59. The molecule has 0 spiro atoms. The van der Waals surface area contributed by atoms with E-state index in [2.05, 4.69) is 9.88 Å². The van der Waals surface area contributed by atoms with Crippen LogP contribution in [-0.4, -0.2) is 47.9 Å². The first-order chi connectivity index (χ1) is 15.1. The number of rotatable bonds is 4. The van der Waals surface area contributed by atoms with Crippen LogP contribution in [0.25, 0.3) is 5.57 Å². The lowest BCUT2D eigenvalue weighted by molar-refractivity contribution is -0.120. The van der Waals surface area contributed by atoms with E-state index in [4.69, 9.17) is 11.6 Å². The zero-order valence-electron chi connectivity index (χ0n) is 16.6. The number of carbonyl (C=O) groups excluding carboxylic acids is 2. The van der Waals surface area contributed by atoms with Crippen molar-refractivity contribution in [3.63, 3.8) is 0 Å². The number of imide groups is 1. The van der Waals surface area contributed by atoms with Gasteiger partial charge < -0.3 is 9.80 Å². The van der Waals surface area contributed by atoms with E-state index in [1.165, 1.54) is 16.2 Å². The molecule has 2 amide bonds. The van der Waals surface area contributed by atoms with Gasteiger partial charge in [-0.15, -0.1) is 11.3 Å². The lowest BCUT2D eigenvalue weighted by atomic mass is 10.1. The molecule has 156 valence electrons. The van der Waals surface area contributed by atoms with E-state index in [1.54, 1.807) is 30.5 Å². The van der Waals surface area contributed by atoms with Crippen LogP contribution in [0.2, 0.25) is 5.02 Å². The molecule has 1 saturated heterocycles. The van der Waals surface area contributed by atoms with Crippen molar-refractivity contribution in [3.8, 4) is 0 Å². The molecule has 2 aliphatic heterocycles. The molecule has 31 heavy (non-hydrogen) atoms. The minimum Gasteiger partial charge on any atom is -0.363 e. The number of anilines is 2. The Morgan fingerprint density at radius 1 is 0.871 bits per heavy atom. The maximum atomic E-state index is 13.5. The molecule has 3 aromatic rings. The number of amides is 2. The number of benzene rings is 1. The molecule has 0 bridgehead atoms. The van der Waals surface area contributed by atoms with Gasteiger partial charge in [-0.25, -0.2) is 9.88 Å². The van der Waals surface area contributed by atoms with Gasteiger partial charge in [0, 0.05) is 42.3 Å². The van der Waals surface area contributed by atoms with Gasteiger partial charge in [-0.2, -0.15) is 0 Å². The second-order valence-electron chi connectivity index (χ2n) is 7.29. The van der Waals surface area contributed by atoms with Crippen LogP contribution in [0.3, 0.4) is 0 Å². The summed E-state index contributed by atoms with van der Waals surface area (Å²) in [5.74, 6) is 0.308. The van der Waals surface area contributed by atoms with E-state index in [0.29, 0.717) is 35.1 Å². The number of carbonyl (C=O) groups is 2. The first-order valence-electron chi connectivity index (χ1n) is 9.97. The summed E-state index contributed by atoms with van der Waals surface area (Å²) in [6, 6.07) is 16.5. The lowest BCUT2D eigenvalue weighted by Crippen LogP contribution is -2.48. The molecule has 2 aliphatic rings. The molecule has 5 rings (SSSR count). The van der Waals surface area contributed by atoms with Crippen LogP contribution in [0.4, 0.5) is 11.5 Å². The fraction of sp³-hybridized carbons (Fsp3) is 0.174. The van der Waals surface area contributed by atoms with E-state index < -0.39 is 0 Å². The molecule has 8 heteroatoms. The maximum absolute atomic E-state index is 13.5. The summed E-state index contributed by atoms with van der Waals surface area (Å²) in [6.07, 6.45) is 1.78. The SMILES string of the molecule is O=C1C(c2cccs2)=C(N2CCN(c3ccccn3)CC2)C(=O)N1c1cccc(Cl)c1. The van der Waals surface area contributed by atoms with Crippen LogP contribution in [0.15, 0.2) is 71.9 Å². The zero-order valence-corrected chi connectivity index (χ0v) is 18.1. The van der Waals surface area contributed by atoms with Gasteiger partial charge >= 0.3 is 0 Å². The average molecular weight is 451 g/mol. The summed E-state index contributed by atoms with van der Waals surface area (Å²) < 4.78 is 0. The Balaban J connectivity index is 1.48. The highest BCUT2D eigenvalue weighted by atomic mass is 35.5. The Kier molecular flexibility index (Phi) is 5.21. The van der Waals surface area contributed by atoms with Crippen LogP contribution in [0, 0.1) is 0 Å². The molecule has 1 aromatic carbocycles. The molecular weight excluding hydrogens is 432 g/mol. The highest BCUT2D eigenvalue weighted by molar-refractivity contribution is 7.11. The van der Waals surface area contributed by atoms with Crippen molar-refractivity contribution < 1.29 is 9.59 Å². The Hall–Kier alpha value is -3.16. The van der Waals surface area contributed by atoms with Gasteiger partial charge in [0.2, 0.25) is 0 Å². The Morgan fingerprint density at radius 2 is 1.68 bits per heavy atom. The van der Waals surface area contributed by atoms with Gasteiger partial charge in [-0.3, -0.25) is 9.59 Å². The van der Waals surface area contributed by atoms with Gasteiger partial charge in [-0.05, 0) is 41.8 Å². The summed E-state index contributed by atoms with van der Waals surface area (Å²) in [5.41, 5.74) is 1.41. The largest absolute Gasteiger partial charge is 0.363 e. The minimum absolute atomic E-state index is 0.304. The number of thiophene rings is 1. The molecule has 0 atom stereocenters. The van der Waals surface area contributed by atoms with Gasteiger partial charge in [-0.1, -0.05) is 29.8 Å². The molecular formula is C23H19ClN4O2S. The van der Waals surface area contributed by atoms with Gasteiger partial charge in [0.05, 0.1) is 11.3 Å². The second kappa shape index (κ2) is 8.17. The van der Waals surface area contributed by atoms with E-state index >= 15 is 0 Å². The predicted octanol–water partition coefficient (Wildman–Crippen LogP) is 3.90. The molecule has 0 N–H and O–H groups in total. The molecule has 4 heterocycles. The van der Waals surface area contributed by atoms with Crippen molar-refractivity contribution in [2.75, 3.05) is 36.0 Å². The summed E-state index contributed by atoms with van der Waals surface area (Å²) in [5, 5.41) is 2.40. The van der Waals surface area contributed by atoms with Crippen molar-refractivity contribution in [2.45, 2.75) is 0 Å². The Labute approximate surface area is 189 Å². The molecule has 0 radical (unpaired) electrons. The van der Waals surface area contributed by atoms with E-state index in [1.807, 2.05) is 40.6 Å². The number of aromatic nitrogens is 1. The lowest BCUT2D eigenvalue weighted by Gasteiger charge is -2.37. The van der Waals surface area contributed by atoms with E-state index in [-0.39, 0.29) is 11.8 Å². The molecule has 1 fully saturated rings. The quantitative estimate of drug-likeness (QED) is 0.564. The third-order valence-electron chi connectivity index (χ3n) is 5.46. The highest BCUT2D eigenvalue weighted by Crippen LogP contribution is 2.37. The van der Waals surface area contributed by atoms with Crippen LogP contribution < -0.4 is 9.80 Å². The number of hydrogen-bond acceptors (Lipinski definition) is 6. The number of halogens is 1. The second-order valence-corrected chi connectivity index (χ2v) is 8.67. The van der Waals surface area contributed by atoms with Crippen LogP contribution in [-0.2, 0) is 9.59 Å². The summed E-state index contributed by atoms with van der Waals surface area (Å²) >= 11 is 7.59. The average Bonchev–Trinajstić information content (AvgIpc) is 3.40. The molecule has 6 nitrogen and oxygen atoms in total. The minimum atomic E-state index is -0.308. The van der Waals surface area contributed by atoms with Gasteiger partial charge in [0.25, 0.3) is 11.8 Å². The monoisotopic (exact) mass is 450 g/mol. The van der Waals surface area contributed by atoms with Crippen molar-refractivity contribution in [1.82, 2.24) is 9.88 Å². The molecule has 0 aliphatic carbocycles. The number of piperazine rings is 1. The van der Waals surface area contributed by atoms with Crippen molar-refractivity contribution in [3.05, 3.63) is 81.8 Å². The molecule has 2 aromatic heterocycles. The first-order valence-corrected chi connectivity index (χ1v) is 11.2. The molecule has 0 unspecified atom stereocenters. The van der Waals surface area contributed by atoms with Crippen molar-refractivity contribution in [2.24, 2.45) is 0 Å².